The molecule has 1 N–H and O–H groups in total. The maximum absolute atomic E-state index is 13.2. The van der Waals surface area contributed by atoms with Gasteiger partial charge in [0, 0.05) is 28.1 Å². The predicted octanol–water partition coefficient (Wildman–Crippen LogP) is 4.31. The smallest absolute Gasteiger partial charge is 0.344 e. The molecule has 0 radical (unpaired) electrons. The monoisotopic (exact) mass is 516 g/mol. The summed E-state index contributed by atoms with van der Waals surface area (Å²) in [5.74, 6) is -0.791. The van der Waals surface area contributed by atoms with Crippen molar-refractivity contribution in [2.24, 2.45) is 5.10 Å². The Morgan fingerprint density at radius 2 is 2.06 bits per heavy atom. The summed E-state index contributed by atoms with van der Waals surface area (Å²) in [5.41, 5.74) is 0.0368. The average molecular weight is 517 g/mol. The molecule has 0 fully saturated rings. The molecule has 0 spiro atoms. The van der Waals surface area contributed by atoms with Crippen molar-refractivity contribution in [2.45, 2.75) is 39.2 Å². The van der Waals surface area contributed by atoms with Gasteiger partial charge in [-0.15, -0.1) is 0 Å². The minimum atomic E-state index is -1.20. The number of rotatable bonds is 8. The molecule has 0 aliphatic heterocycles. The summed E-state index contributed by atoms with van der Waals surface area (Å²) >= 11 is 3.35. The molecule has 2 aromatic carbocycles. The van der Waals surface area contributed by atoms with Gasteiger partial charge in [0.05, 0.1) is 22.0 Å². The summed E-state index contributed by atoms with van der Waals surface area (Å²) in [6.45, 7) is 5.20. The number of ether oxygens (including phenoxy) is 1. The SMILES string of the molecule is CC[C@H](C)c1nc2ccc(Br)cc2c(=O)n1N=Cc1cc([N+](=O)[O-])ccc1O[C@@H](C)C(=O)O. The number of halogens is 1. The van der Waals surface area contributed by atoms with E-state index in [9.17, 15) is 19.7 Å². The molecule has 11 heteroatoms. The molecule has 1 aromatic heterocycles. The van der Waals surface area contributed by atoms with Crippen molar-refractivity contribution in [3.8, 4) is 5.75 Å². The third-order valence-corrected chi connectivity index (χ3v) is 5.55. The number of non-ortho nitro benzene ring substituents is 1. The van der Waals surface area contributed by atoms with Crippen molar-refractivity contribution in [1.29, 1.82) is 0 Å². The molecule has 0 aliphatic rings. The van der Waals surface area contributed by atoms with Gasteiger partial charge in [0.1, 0.15) is 11.6 Å². The van der Waals surface area contributed by atoms with Gasteiger partial charge in [-0.25, -0.2) is 9.78 Å². The third kappa shape index (κ3) is 5.25. The van der Waals surface area contributed by atoms with Crippen LogP contribution < -0.4 is 10.3 Å². The van der Waals surface area contributed by atoms with Crippen molar-refractivity contribution in [1.82, 2.24) is 9.66 Å². The van der Waals surface area contributed by atoms with Crippen LogP contribution >= 0.6 is 15.9 Å². The highest BCUT2D eigenvalue weighted by Crippen LogP contribution is 2.25. The predicted molar refractivity (Wildman–Crippen MR) is 126 cm³/mol. The normalized spacial score (nSPS) is 13.2. The van der Waals surface area contributed by atoms with Crippen LogP contribution in [0.3, 0.4) is 0 Å². The summed E-state index contributed by atoms with van der Waals surface area (Å²) in [7, 11) is 0. The molecule has 0 aliphatic carbocycles. The molecular formula is C22H21BrN4O6. The molecule has 3 aromatic rings. The van der Waals surface area contributed by atoms with Crippen LogP contribution in [0.2, 0.25) is 0 Å². The first kappa shape index (κ1) is 24.1. The number of nitrogens with zero attached hydrogens (tertiary/aromatic N) is 4. The maximum atomic E-state index is 13.2. The fourth-order valence-electron chi connectivity index (χ4n) is 3.00. The van der Waals surface area contributed by atoms with Crippen molar-refractivity contribution in [2.75, 3.05) is 0 Å². The van der Waals surface area contributed by atoms with E-state index in [1.54, 1.807) is 18.2 Å². The molecule has 1 heterocycles. The molecule has 0 unspecified atom stereocenters. The van der Waals surface area contributed by atoms with Gasteiger partial charge in [-0.05, 0) is 37.6 Å². The number of hydrogen-bond donors (Lipinski definition) is 1. The Kier molecular flexibility index (Phi) is 7.22. The Bertz CT molecular complexity index is 1320. The van der Waals surface area contributed by atoms with Crippen LogP contribution in [0.4, 0.5) is 5.69 Å². The number of carbonyl (C=O) groups is 1. The molecule has 172 valence electrons. The quantitative estimate of drug-likeness (QED) is 0.267. The summed E-state index contributed by atoms with van der Waals surface area (Å²) in [4.78, 5) is 39.7. The molecule has 0 amide bonds. The van der Waals surface area contributed by atoms with Crippen LogP contribution in [-0.2, 0) is 4.79 Å². The molecule has 3 rings (SSSR count). The Morgan fingerprint density at radius 3 is 2.70 bits per heavy atom. The van der Waals surface area contributed by atoms with E-state index in [4.69, 9.17) is 9.84 Å². The van der Waals surface area contributed by atoms with Gasteiger partial charge >= 0.3 is 5.97 Å². The fourth-order valence-corrected chi connectivity index (χ4v) is 3.36. The highest BCUT2D eigenvalue weighted by Gasteiger charge is 2.19. The Morgan fingerprint density at radius 1 is 1.33 bits per heavy atom. The van der Waals surface area contributed by atoms with Gasteiger partial charge in [0.2, 0.25) is 0 Å². The zero-order chi connectivity index (χ0) is 24.3. The van der Waals surface area contributed by atoms with E-state index in [1.807, 2.05) is 13.8 Å². The summed E-state index contributed by atoms with van der Waals surface area (Å²) in [6, 6.07) is 8.87. The number of carboxylic acid groups (broad SMARTS) is 1. The Balaban J connectivity index is 2.19. The van der Waals surface area contributed by atoms with Gasteiger partial charge in [-0.2, -0.15) is 9.78 Å². The second-order valence-electron chi connectivity index (χ2n) is 7.38. The second-order valence-corrected chi connectivity index (χ2v) is 8.30. The fraction of sp³-hybridized carbons (Fsp3) is 0.273. The van der Waals surface area contributed by atoms with E-state index < -0.39 is 22.6 Å². The lowest BCUT2D eigenvalue weighted by Gasteiger charge is -2.15. The molecule has 33 heavy (non-hydrogen) atoms. The molecule has 2 atom stereocenters. The number of benzene rings is 2. The van der Waals surface area contributed by atoms with Gasteiger partial charge in [0.25, 0.3) is 11.2 Å². The van der Waals surface area contributed by atoms with Gasteiger partial charge < -0.3 is 9.84 Å². The summed E-state index contributed by atoms with van der Waals surface area (Å²) in [5, 5.41) is 25.0. The lowest BCUT2D eigenvalue weighted by molar-refractivity contribution is -0.384. The van der Waals surface area contributed by atoms with Crippen LogP contribution in [0.15, 0.2) is 50.8 Å². The minimum absolute atomic E-state index is 0.0777. The first-order chi connectivity index (χ1) is 15.6. The molecular weight excluding hydrogens is 496 g/mol. The van der Waals surface area contributed by atoms with E-state index in [-0.39, 0.29) is 22.9 Å². The first-order valence-electron chi connectivity index (χ1n) is 10.1. The maximum Gasteiger partial charge on any atom is 0.344 e. The number of hydrogen-bond acceptors (Lipinski definition) is 7. The Hall–Kier alpha value is -3.60. The van der Waals surface area contributed by atoms with E-state index in [0.29, 0.717) is 27.6 Å². The van der Waals surface area contributed by atoms with E-state index in [0.717, 1.165) is 4.68 Å². The lowest BCUT2D eigenvalue weighted by Crippen LogP contribution is -2.24. The van der Waals surface area contributed by atoms with E-state index in [1.165, 1.54) is 31.3 Å². The third-order valence-electron chi connectivity index (χ3n) is 5.05. The van der Waals surface area contributed by atoms with Crippen molar-refractivity contribution >= 4 is 44.7 Å². The van der Waals surface area contributed by atoms with Gasteiger partial charge in [-0.1, -0.05) is 29.8 Å². The zero-order valence-electron chi connectivity index (χ0n) is 18.1. The standard InChI is InChI=1S/C22H21BrN4O6/c1-4-12(2)20-25-18-7-5-15(23)10-17(18)21(28)26(20)24-11-14-9-16(27(31)32)6-8-19(14)33-13(3)22(29)30/h5-13H,4H2,1-3H3,(H,29,30)/t12-,13-/m0/s1. The van der Waals surface area contributed by atoms with Gasteiger partial charge in [-0.3, -0.25) is 14.9 Å². The minimum Gasteiger partial charge on any atom is -0.479 e. The number of nitro groups is 1. The molecule has 0 saturated heterocycles. The van der Waals surface area contributed by atoms with Crippen LogP contribution in [0, 0.1) is 10.1 Å². The largest absolute Gasteiger partial charge is 0.479 e. The highest BCUT2D eigenvalue weighted by molar-refractivity contribution is 9.10. The molecule has 0 saturated carbocycles. The Labute approximate surface area is 196 Å². The summed E-state index contributed by atoms with van der Waals surface area (Å²) < 4.78 is 7.29. The number of aromatic nitrogens is 2. The van der Waals surface area contributed by atoms with Crippen LogP contribution in [0.5, 0.6) is 5.75 Å². The number of carboxylic acids is 1. The lowest BCUT2D eigenvalue weighted by atomic mass is 10.1. The number of fused-ring (bicyclic) bond motifs is 1. The van der Waals surface area contributed by atoms with Gasteiger partial charge in [0.15, 0.2) is 6.10 Å². The van der Waals surface area contributed by atoms with Crippen molar-refractivity contribution < 1.29 is 19.6 Å². The zero-order valence-corrected chi connectivity index (χ0v) is 19.6. The first-order valence-corrected chi connectivity index (χ1v) is 10.9. The van der Waals surface area contributed by atoms with Crippen LogP contribution in [0.25, 0.3) is 10.9 Å². The van der Waals surface area contributed by atoms with Crippen LogP contribution in [-0.4, -0.2) is 38.0 Å². The summed E-state index contributed by atoms with van der Waals surface area (Å²) in [6.07, 6.45) is 0.734. The van der Waals surface area contributed by atoms with Crippen molar-refractivity contribution in [3.63, 3.8) is 0 Å². The van der Waals surface area contributed by atoms with E-state index >= 15 is 0 Å². The topological polar surface area (TPSA) is 137 Å². The molecule has 0 bridgehead atoms. The van der Waals surface area contributed by atoms with Crippen molar-refractivity contribution in [3.05, 3.63) is 72.7 Å². The molecule has 10 nitrogen and oxygen atoms in total. The highest BCUT2D eigenvalue weighted by atomic mass is 79.9. The van der Waals surface area contributed by atoms with Crippen LogP contribution in [0.1, 0.15) is 44.5 Å². The number of nitro benzene ring substituents is 1. The number of aliphatic carboxylic acids is 1. The van der Waals surface area contributed by atoms with E-state index in [2.05, 4.69) is 26.0 Å². The second kappa shape index (κ2) is 9.90. The average Bonchev–Trinajstić information content (AvgIpc) is 2.78.